The van der Waals surface area contributed by atoms with Crippen molar-refractivity contribution < 1.29 is 9.53 Å². The lowest BCUT2D eigenvalue weighted by Crippen LogP contribution is -2.38. The molecular weight excluding hydrogens is 394 g/mol. The summed E-state index contributed by atoms with van der Waals surface area (Å²) in [7, 11) is 0. The first kappa shape index (κ1) is 16.8. The van der Waals surface area contributed by atoms with E-state index in [-0.39, 0.29) is 11.9 Å². The van der Waals surface area contributed by atoms with Gasteiger partial charge in [0.2, 0.25) is 5.91 Å². The molecule has 1 aromatic heterocycles. The number of halogens is 1. The highest BCUT2D eigenvalue weighted by molar-refractivity contribution is 9.10. The topological polar surface area (TPSA) is 56.1 Å². The smallest absolute Gasteiger partial charge is 0.249 e. The maximum Gasteiger partial charge on any atom is 0.249 e. The molecule has 2 aromatic carbocycles. The van der Waals surface area contributed by atoms with E-state index in [0.29, 0.717) is 6.61 Å². The Morgan fingerprint density at radius 1 is 1.23 bits per heavy atom. The van der Waals surface area contributed by atoms with Crippen LogP contribution in [-0.4, -0.2) is 22.3 Å². The number of fused-ring (bicyclic) bond motifs is 1. The van der Waals surface area contributed by atoms with Gasteiger partial charge in [0.25, 0.3) is 0 Å². The Balaban J connectivity index is 1.63. The first-order valence-corrected chi connectivity index (χ1v) is 9.28. The van der Waals surface area contributed by atoms with Crippen LogP contribution in [0.3, 0.4) is 0 Å². The summed E-state index contributed by atoms with van der Waals surface area (Å²) in [4.78, 5) is 13.2. The maximum absolute atomic E-state index is 13.2. The number of rotatable bonds is 4. The summed E-state index contributed by atoms with van der Waals surface area (Å²) in [5.74, 6) is 0.734. The predicted octanol–water partition coefficient (Wildman–Crippen LogP) is 3.88. The quantitative estimate of drug-likeness (QED) is 0.708. The molecule has 2 atom stereocenters. The second-order valence-corrected chi connectivity index (χ2v) is 7.10. The number of nitrogens with zero attached hydrogens (tertiary/aromatic N) is 2. The molecule has 3 aromatic rings. The normalized spacial score (nSPS) is 17.0. The Morgan fingerprint density at radius 3 is 2.85 bits per heavy atom. The van der Waals surface area contributed by atoms with E-state index in [1.807, 2.05) is 60.8 Å². The number of benzene rings is 2. The Hall–Kier alpha value is -2.60. The van der Waals surface area contributed by atoms with E-state index in [1.54, 1.807) is 10.9 Å². The van der Waals surface area contributed by atoms with Crippen LogP contribution in [0.25, 0.3) is 0 Å². The monoisotopic (exact) mass is 411 g/mol. The van der Waals surface area contributed by atoms with Crippen molar-refractivity contribution in [1.82, 2.24) is 15.1 Å². The first-order chi connectivity index (χ1) is 12.7. The molecule has 1 aliphatic heterocycles. The van der Waals surface area contributed by atoms with Crippen LogP contribution in [0.15, 0.2) is 71.5 Å². The molecule has 2 heterocycles. The lowest BCUT2D eigenvalue weighted by Gasteiger charge is -2.28. The zero-order chi connectivity index (χ0) is 17.9. The highest BCUT2D eigenvalue weighted by atomic mass is 79.9. The van der Waals surface area contributed by atoms with E-state index in [9.17, 15) is 4.79 Å². The highest BCUT2D eigenvalue weighted by Gasteiger charge is 2.28. The fourth-order valence-corrected chi connectivity index (χ4v) is 3.64. The molecule has 26 heavy (non-hydrogen) atoms. The maximum atomic E-state index is 13.2. The minimum Gasteiger partial charge on any atom is -0.493 e. The average molecular weight is 412 g/mol. The molecule has 1 aliphatic rings. The fraction of sp³-hybridized carbons (Fsp3) is 0.200. The minimum absolute atomic E-state index is 0.0854. The molecule has 0 bridgehead atoms. The van der Waals surface area contributed by atoms with Crippen LogP contribution in [0, 0.1) is 0 Å². The summed E-state index contributed by atoms with van der Waals surface area (Å²) >= 11 is 3.50. The molecule has 4 rings (SSSR count). The molecule has 1 N–H and O–H groups in total. The molecule has 0 saturated heterocycles. The van der Waals surface area contributed by atoms with E-state index in [4.69, 9.17) is 4.74 Å². The lowest BCUT2D eigenvalue weighted by molar-refractivity contribution is -0.124. The number of amides is 1. The van der Waals surface area contributed by atoms with Gasteiger partial charge in [-0.3, -0.25) is 9.48 Å². The van der Waals surface area contributed by atoms with Gasteiger partial charge in [-0.05, 0) is 29.8 Å². The van der Waals surface area contributed by atoms with Crippen molar-refractivity contribution in [3.63, 3.8) is 0 Å². The van der Waals surface area contributed by atoms with Crippen molar-refractivity contribution in [3.8, 4) is 5.75 Å². The lowest BCUT2D eigenvalue weighted by atomic mass is 9.99. The minimum atomic E-state index is -0.510. The van der Waals surface area contributed by atoms with Gasteiger partial charge in [0.1, 0.15) is 5.75 Å². The van der Waals surface area contributed by atoms with Crippen LogP contribution < -0.4 is 10.1 Å². The van der Waals surface area contributed by atoms with Crippen LogP contribution in [0.1, 0.15) is 29.6 Å². The van der Waals surface area contributed by atoms with Crippen molar-refractivity contribution >= 4 is 21.8 Å². The molecule has 2 unspecified atom stereocenters. The molecule has 6 heteroatoms. The van der Waals surface area contributed by atoms with Gasteiger partial charge in [0, 0.05) is 28.9 Å². The van der Waals surface area contributed by atoms with Crippen molar-refractivity contribution in [2.75, 3.05) is 6.61 Å². The van der Waals surface area contributed by atoms with Gasteiger partial charge in [0.05, 0.1) is 12.6 Å². The number of carbonyl (C=O) groups is 1. The predicted molar refractivity (Wildman–Crippen MR) is 102 cm³/mol. The summed E-state index contributed by atoms with van der Waals surface area (Å²) in [6.07, 6.45) is 4.23. The summed E-state index contributed by atoms with van der Waals surface area (Å²) in [6.45, 7) is 0.581. The van der Waals surface area contributed by atoms with Gasteiger partial charge in [-0.1, -0.05) is 46.3 Å². The molecule has 0 saturated carbocycles. The number of hydrogen-bond acceptors (Lipinski definition) is 3. The zero-order valence-corrected chi connectivity index (χ0v) is 15.6. The number of aromatic nitrogens is 2. The summed E-state index contributed by atoms with van der Waals surface area (Å²) < 4.78 is 8.37. The van der Waals surface area contributed by atoms with E-state index >= 15 is 0 Å². The van der Waals surface area contributed by atoms with E-state index in [1.165, 1.54) is 0 Å². The van der Waals surface area contributed by atoms with Crippen LogP contribution in [0.4, 0.5) is 0 Å². The Labute approximate surface area is 160 Å². The summed E-state index contributed by atoms with van der Waals surface area (Å²) in [5.41, 5.74) is 1.89. The van der Waals surface area contributed by atoms with Crippen molar-refractivity contribution in [1.29, 1.82) is 0 Å². The van der Waals surface area contributed by atoms with Gasteiger partial charge < -0.3 is 10.1 Å². The Bertz CT molecular complexity index is 897. The molecular formula is C20H18BrN3O2. The molecule has 0 fully saturated rings. The highest BCUT2D eigenvalue weighted by Crippen LogP contribution is 2.34. The number of nitrogens with one attached hydrogen (secondary N) is 1. The summed E-state index contributed by atoms with van der Waals surface area (Å²) in [6, 6.07) is 16.8. The van der Waals surface area contributed by atoms with Gasteiger partial charge >= 0.3 is 0 Å². The van der Waals surface area contributed by atoms with Gasteiger partial charge in [-0.15, -0.1) is 0 Å². The third-order valence-corrected chi connectivity index (χ3v) is 4.97. The van der Waals surface area contributed by atoms with Crippen molar-refractivity contribution in [2.24, 2.45) is 0 Å². The SMILES string of the molecule is O=C(NC1CCOc2ccc(Br)cc21)C(c1ccccc1)n1cccn1. The zero-order valence-electron chi connectivity index (χ0n) is 14.0. The second-order valence-electron chi connectivity index (χ2n) is 6.18. The standard InChI is InChI=1S/C20H18BrN3O2/c21-15-7-8-18-16(13-15)17(9-12-26-18)23-20(25)19(24-11-4-10-22-24)14-5-2-1-3-6-14/h1-8,10-11,13,17,19H,9,12H2,(H,23,25). The summed E-state index contributed by atoms with van der Waals surface area (Å²) in [5, 5.41) is 7.48. The Morgan fingerprint density at radius 2 is 2.08 bits per heavy atom. The van der Waals surface area contributed by atoms with Crippen LogP contribution >= 0.6 is 15.9 Å². The van der Waals surface area contributed by atoms with E-state index in [0.717, 1.165) is 27.8 Å². The molecule has 5 nitrogen and oxygen atoms in total. The number of hydrogen-bond donors (Lipinski definition) is 1. The van der Waals surface area contributed by atoms with Crippen LogP contribution in [0.5, 0.6) is 5.75 Å². The van der Waals surface area contributed by atoms with Crippen molar-refractivity contribution in [3.05, 3.63) is 82.6 Å². The molecule has 0 radical (unpaired) electrons. The third-order valence-electron chi connectivity index (χ3n) is 4.48. The molecule has 132 valence electrons. The average Bonchev–Trinajstić information content (AvgIpc) is 3.17. The largest absolute Gasteiger partial charge is 0.493 e. The molecule has 0 aliphatic carbocycles. The fourth-order valence-electron chi connectivity index (χ4n) is 3.26. The Kier molecular flexibility index (Phi) is 4.75. The third kappa shape index (κ3) is 3.37. The number of carbonyl (C=O) groups excluding carboxylic acids is 1. The van der Waals surface area contributed by atoms with E-state index < -0.39 is 6.04 Å². The van der Waals surface area contributed by atoms with Gasteiger partial charge in [-0.25, -0.2) is 0 Å². The number of ether oxygens (including phenoxy) is 1. The van der Waals surface area contributed by atoms with Crippen LogP contribution in [0.2, 0.25) is 0 Å². The second kappa shape index (κ2) is 7.33. The van der Waals surface area contributed by atoms with Crippen LogP contribution in [-0.2, 0) is 4.79 Å². The van der Waals surface area contributed by atoms with Crippen molar-refractivity contribution in [2.45, 2.75) is 18.5 Å². The molecule has 0 spiro atoms. The van der Waals surface area contributed by atoms with Gasteiger partial charge in [0.15, 0.2) is 6.04 Å². The first-order valence-electron chi connectivity index (χ1n) is 8.49. The van der Waals surface area contributed by atoms with Gasteiger partial charge in [-0.2, -0.15) is 5.10 Å². The molecule has 1 amide bonds. The van der Waals surface area contributed by atoms with E-state index in [2.05, 4.69) is 26.3 Å².